The number of nitrogen functional groups attached to an aromatic ring is 1. The third-order valence-electron chi connectivity index (χ3n) is 2.93. The van der Waals surface area contributed by atoms with Crippen molar-refractivity contribution in [3.05, 3.63) is 29.3 Å². The van der Waals surface area contributed by atoms with Crippen LogP contribution in [0.5, 0.6) is 5.75 Å². The number of hydrogen-bond acceptors (Lipinski definition) is 5. The van der Waals surface area contributed by atoms with Crippen molar-refractivity contribution < 1.29 is 14.0 Å². The van der Waals surface area contributed by atoms with Gasteiger partial charge in [0.05, 0.1) is 18.2 Å². The minimum atomic E-state index is 0.0734. The predicted molar refractivity (Wildman–Crippen MR) is 71.2 cm³/mol. The summed E-state index contributed by atoms with van der Waals surface area (Å²) in [6.45, 7) is 1.34. The zero-order valence-corrected chi connectivity index (χ0v) is 10.9. The summed E-state index contributed by atoms with van der Waals surface area (Å²) in [6, 6.07) is 7.09. The van der Waals surface area contributed by atoms with Gasteiger partial charge in [0.2, 0.25) is 0 Å². The van der Waals surface area contributed by atoms with E-state index >= 15 is 0 Å². The predicted octanol–water partition coefficient (Wildman–Crippen LogP) is 2.74. The van der Waals surface area contributed by atoms with Gasteiger partial charge in [0.1, 0.15) is 11.9 Å². The summed E-state index contributed by atoms with van der Waals surface area (Å²) < 4.78 is 16.1. The minimum Gasteiger partial charge on any atom is -0.486 e. The molecule has 0 aliphatic carbocycles. The molecule has 1 aromatic carbocycles. The molecule has 19 heavy (non-hydrogen) atoms. The summed E-state index contributed by atoms with van der Waals surface area (Å²) in [6.07, 6.45) is 0.959. The summed E-state index contributed by atoms with van der Waals surface area (Å²) in [5, 5.41) is 4.17. The average molecular weight is 281 g/mol. The Morgan fingerprint density at radius 2 is 2.26 bits per heavy atom. The second-order valence-corrected chi connectivity index (χ2v) is 4.77. The van der Waals surface area contributed by atoms with Crippen LogP contribution in [0.4, 0.5) is 5.82 Å². The first-order chi connectivity index (χ1) is 9.22. The van der Waals surface area contributed by atoms with Gasteiger partial charge in [-0.2, -0.15) is 0 Å². The Morgan fingerprint density at radius 1 is 1.37 bits per heavy atom. The quantitative estimate of drug-likeness (QED) is 0.936. The van der Waals surface area contributed by atoms with E-state index in [4.69, 9.17) is 31.3 Å². The lowest BCUT2D eigenvalue weighted by molar-refractivity contribution is 0.141. The van der Waals surface area contributed by atoms with E-state index in [0.717, 1.165) is 18.6 Å². The molecule has 0 bridgehead atoms. The number of halogens is 1. The number of aromatic nitrogens is 1. The van der Waals surface area contributed by atoms with Crippen LogP contribution in [-0.2, 0) is 4.74 Å². The fraction of sp³-hybridized carbons (Fsp3) is 0.308. The molecule has 5 nitrogen and oxygen atoms in total. The first kappa shape index (κ1) is 12.3. The summed E-state index contributed by atoms with van der Waals surface area (Å²) in [4.78, 5) is 0. The molecule has 1 fully saturated rings. The third kappa shape index (κ3) is 2.67. The minimum absolute atomic E-state index is 0.0734. The molecular weight excluding hydrogens is 268 g/mol. The van der Waals surface area contributed by atoms with Crippen LogP contribution >= 0.6 is 11.6 Å². The van der Waals surface area contributed by atoms with Crippen LogP contribution in [0.15, 0.2) is 28.8 Å². The van der Waals surface area contributed by atoms with Crippen LogP contribution in [0, 0.1) is 0 Å². The standard InChI is InChI=1S/C13H13ClN2O3/c14-10-5-8(12-6-13(15)16-19-12)1-2-11(10)18-9-3-4-17-7-9/h1-2,5-6,9H,3-4,7H2,(H2,15,16). The lowest BCUT2D eigenvalue weighted by atomic mass is 10.1. The van der Waals surface area contributed by atoms with Crippen molar-refractivity contribution in [1.82, 2.24) is 5.16 Å². The van der Waals surface area contributed by atoms with E-state index in [2.05, 4.69) is 5.16 Å². The smallest absolute Gasteiger partial charge is 0.169 e. The van der Waals surface area contributed by atoms with E-state index in [1.165, 1.54) is 0 Å². The lowest BCUT2D eigenvalue weighted by Crippen LogP contribution is -2.15. The SMILES string of the molecule is Nc1cc(-c2ccc(OC3CCOC3)c(Cl)c2)on1. The Labute approximate surface area is 115 Å². The van der Waals surface area contributed by atoms with Gasteiger partial charge in [0, 0.05) is 18.1 Å². The highest BCUT2D eigenvalue weighted by molar-refractivity contribution is 6.32. The van der Waals surface area contributed by atoms with Gasteiger partial charge in [0.25, 0.3) is 0 Å². The molecule has 1 aliphatic rings. The van der Waals surface area contributed by atoms with Gasteiger partial charge in [-0.3, -0.25) is 0 Å². The number of nitrogens with two attached hydrogens (primary N) is 1. The molecule has 0 spiro atoms. The van der Waals surface area contributed by atoms with Gasteiger partial charge >= 0.3 is 0 Å². The highest BCUT2D eigenvalue weighted by Gasteiger charge is 2.18. The van der Waals surface area contributed by atoms with Crippen LogP contribution in [0.25, 0.3) is 11.3 Å². The Morgan fingerprint density at radius 3 is 2.89 bits per heavy atom. The summed E-state index contributed by atoms with van der Waals surface area (Å²) >= 11 is 6.21. The maximum atomic E-state index is 6.21. The van der Waals surface area contributed by atoms with Crippen molar-refractivity contribution in [3.63, 3.8) is 0 Å². The van der Waals surface area contributed by atoms with Gasteiger partial charge in [-0.05, 0) is 18.2 Å². The van der Waals surface area contributed by atoms with Gasteiger partial charge in [-0.1, -0.05) is 16.8 Å². The summed E-state index contributed by atoms with van der Waals surface area (Å²) in [5.41, 5.74) is 6.33. The number of nitrogens with zero attached hydrogens (tertiary/aromatic N) is 1. The number of anilines is 1. The van der Waals surface area contributed by atoms with E-state index in [9.17, 15) is 0 Å². The third-order valence-corrected chi connectivity index (χ3v) is 3.22. The average Bonchev–Trinajstić information content (AvgIpc) is 3.03. The van der Waals surface area contributed by atoms with Crippen LogP contribution in [-0.4, -0.2) is 24.5 Å². The van der Waals surface area contributed by atoms with Gasteiger partial charge in [0.15, 0.2) is 11.6 Å². The zero-order chi connectivity index (χ0) is 13.2. The van der Waals surface area contributed by atoms with E-state index in [1.54, 1.807) is 12.1 Å². The van der Waals surface area contributed by atoms with Crippen molar-refractivity contribution in [2.75, 3.05) is 18.9 Å². The second-order valence-electron chi connectivity index (χ2n) is 4.36. The number of hydrogen-bond donors (Lipinski definition) is 1. The first-order valence-corrected chi connectivity index (χ1v) is 6.36. The van der Waals surface area contributed by atoms with E-state index in [1.807, 2.05) is 12.1 Å². The molecule has 3 rings (SSSR count). The van der Waals surface area contributed by atoms with Crippen LogP contribution < -0.4 is 10.5 Å². The Bertz CT molecular complexity index is 579. The summed E-state index contributed by atoms with van der Waals surface area (Å²) in [5.74, 6) is 1.57. The van der Waals surface area contributed by atoms with Gasteiger partial charge in [-0.25, -0.2) is 0 Å². The normalized spacial score (nSPS) is 18.7. The topological polar surface area (TPSA) is 70.5 Å². The summed E-state index contributed by atoms with van der Waals surface area (Å²) in [7, 11) is 0. The highest BCUT2D eigenvalue weighted by atomic mass is 35.5. The van der Waals surface area contributed by atoms with Crippen LogP contribution in [0.3, 0.4) is 0 Å². The molecule has 2 aromatic rings. The van der Waals surface area contributed by atoms with Crippen molar-refractivity contribution in [2.45, 2.75) is 12.5 Å². The Kier molecular flexibility index (Phi) is 3.31. The Hall–Kier alpha value is -1.72. The van der Waals surface area contributed by atoms with Crippen molar-refractivity contribution in [3.8, 4) is 17.1 Å². The fourth-order valence-corrected chi connectivity index (χ4v) is 2.19. The molecule has 1 atom stereocenters. The lowest BCUT2D eigenvalue weighted by Gasteiger charge is -2.13. The first-order valence-electron chi connectivity index (χ1n) is 5.99. The van der Waals surface area contributed by atoms with Crippen LogP contribution in [0.1, 0.15) is 6.42 Å². The number of rotatable bonds is 3. The highest BCUT2D eigenvalue weighted by Crippen LogP contribution is 2.32. The van der Waals surface area contributed by atoms with Crippen molar-refractivity contribution in [2.24, 2.45) is 0 Å². The molecule has 1 saturated heterocycles. The molecule has 6 heteroatoms. The van der Waals surface area contributed by atoms with Gasteiger partial charge in [-0.15, -0.1) is 0 Å². The van der Waals surface area contributed by atoms with Crippen molar-refractivity contribution in [1.29, 1.82) is 0 Å². The number of ether oxygens (including phenoxy) is 2. The molecule has 1 aliphatic heterocycles. The fourth-order valence-electron chi connectivity index (χ4n) is 1.96. The molecule has 0 amide bonds. The largest absolute Gasteiger partial charge is 0.486 e. The number of benzene rings is 1. The van der Waals surface area contributed by atoms with Crippen LogP contribution in [0.2, 0.25) is 5.02 Å². The van der Waals surface area contributed by atoms with Crippen molar-refractivity contribution >= 4 is 17.4 Å². The molecule has 1 aromatic heterocycles. The zero-order valence-electron chi connectivity index (χ0n) is 10.1. The molecule has 2 heterocycles. The molecular formula is C13H13ClN2O3. The van der Waals surface area contributed by atoms with Gasteiger partial charge < -0.3 is 19.7 Å². The maximum Gasteiger partial charge on any atom is 0.169 e. The molecule has 0 saturated carbocycles. The molecule has 0 radical (unpaired) electrons. The van der Waals surface area contributed by atoms with E-state index in [0.29, 0.717) is 29.0 Å². The molecule has 2 N–H and O–H groups in total. The second kappa shape index (κ2) is 5.11. The van der Waals surface area contributed by atoms with E-state index in [-0.39, 0.29) is 6.10 Å². The maximum absolute atomic E-state index is 6.21. The molecule has 1 unspecified atom stereocenters. The monoisotopic (exact) mass is 280 g/mol. The van der Waals surface area contributed by atoms with E-state index < -0.39 is 0 Å². The molecule has 100 valence electrons. The Balaban J connectivity index is 1.81.